The maximum absolute atomic E-state index is 3.26. The van der Waals surface area contributed by atoms with Crippen LogP contribution in [0.3, 0.4) is 0 Å². The van der Waals surface area contributed by atoms with Gasteiger partial charge in [-0.3, -0.25) is 4.90 Å². The number of hydrogen-bond acceptors (Lipinski definition) is 1. The monoisotopic (exact) mass is 325 g/mol. The predicted octanol–water partition coefficient (Wildman–Crippen LogP) is 4.89. The van der Waals surface area contributed by atoms with Crippen LogP contribution in [0.5, 0.6) is 0 Å². The molecule has 0 aromatic heterocycles. The smallest absolute Gasteiger partial charge is 0.0604 e. The number of halogens is 1. The number of rotatable bonds is 5. The molecule has 0 aliphatic rings. The van der Waals surface area contributed by atoms with E-state index in [-0.39, 0.29) is 12.4 Å². The molecule has 2 aromatic rings. The van der Waals surface area contributed by atoms with Crippen LogP contribution in [-0.4, -0.2) is 24.5 Å². The van der Waals surface area contributed by atoms with E-state index in [1.54, 1.807) is 0 Å². The van der Waals surface area contributed by atoms with Gasteiger partial charge in [-0.15, -0.1) is 12.4 Å². The van der Waals surface area contributed by atoms with Crippen LogP contribution in [-0.2, 0) is 0 Å². The fourth-order valence-corrected chi connectivity index (χ4v) is 2.30. The Hall–Kier alpha value is -2.01. The molecule has 2 rings (SSSR count). The quantitative estimate of drug-likeness (QED) is 0.708. The first-order valence-corrected chi connectivity index (χ1v) is 7.87. The van der Waals surface area contributed by atoms with Gasteiger partial charge in [0, 0.05) is 0 Å². The molecule has 0 spiro atoms. The minimum atomic E-state index is 0. The third kappa shape index (κ3) is 5.94. The van der Waals surface area contributed by atoms with E-state index in [4.69, 9.17) is 0 Å². The first-order chi connectivity index (χ1) is 10.8. The highest BCUT2D eigenvalue weighted by Crippen LogP contribution is 2.22. The lowest BCUT2D eigenvalue weighted by Gasteiger charge is -2.13. The lowest BCUT2D eigenvalue weighted by molar-refractivity contribution is 0.342. The molecule has 120 valence electrons. The van der Waals surface area contributed by atoms with Crippen molar-refractivity contribution in [3.63, 3.8) is 0 Å². The molecule has 2 aromatic carbocycles. The van der Waals surface area contributed by atoms with Gasteiger partial charge in [-0.05, 0) is 35.9 Å². The van der Waals surface area contributed by atoms with Crippen molar-refractivity contribution in [1.82, 2.24) is 4.90 Å². The maximum atomic E-state index is 3.26. The SMILES string of the molecule is CCN(CC)CC#CC=C(c1ccccc1)c1ccccc1.Cl. The molecule has 0 radical (unpaired) electrons. The van der Waals surface area contributed by atoms with E-state index < -0.39 is 0 Å². The van der Waals surface area contributed by atoms with Crippen molar-refractivity contribution >= 4 is 18.0 Å². The normalized spacial score (nSPS) is 9.52. The minimum absolute atomic E-state index is 0. The lowest BCUT2D eigenvalue weighted by Crippen LogP contribution is -2.22. The van der Waals surface area contributed by atoms with Crippen molar-refractivity contribution in [3.8, 4) is 11.8 Å². The summed E-state index contributed by atoms with van der Waals surface area (Å²) < 4.78 is 0. The van der Waals surface area contributed by atoms with Crippen LogP contribution < -0.4 is 0 Å². The van der Waals surface area contributed by atoms with Gasteiger partial charge in [0.2, 0.25) is 0 Å². The second-order valence-electron chi connectivity index (χ2n) is 5.07. The zero-order valence-electron chi connectivity index (χ0n) is 13.8. The van der Waals surface area contributed by atoms with Crippen LogP contribution in [0, 0.1) is 11.8 Å². The molecule has 0 heterocycles. The fourth-order valence-electron chi connectivity index (χ4n) is 2.30. The standard InChI is InChI=1S/C21H23N.ClH/c1-3-22(4-2)18-12-11-17-21(19-13-7-5-8-14-19)20-15-9-6-10-16-20;/h5-10,13-17H,3-4,18H2,1-2H3;1H. The molecule has 0 saturated heterocycles. The van der Waals surface area contributed by atoms with Crippen LogP contribution in [0.15, 0.2) is 66.7 Å². The van der Waals surface area contributed by atoms with E-state index in [9.17, 15) is 0 Å². The summed E-state index contributed by atoms with van der Waals surface area (Å²) in [5.74, 6) is 6.48. The van der Waals surface area contributed by atoms with Gasteiger partial charge in [-0.1, -0.05) is 86.4 Å². The molecule has 1 nitrogen and oxygen atoms in total. The third-order valence-electron chi connectivity index (χ3n) is 3.69. The predicted molar refractivity (Wildman–Crippen MR) is 103 cm³/mol. The summed E-state index contributed by atoms with van der Waals surface area (Å²) >= 11 is 0. The molecule has 0 atom stereocenters. The lowest BCUT2D eigenvalue weighted by atomic mass is 9.98. The van der Waals surface area contributed by atoms with Gasteiger partial charge in [-0.2, -0.15) is 0 Å². The van der Waals surface area contributed by atoms with Crippen molar-refractivity contribution < 1.29 is 0 Å². The van der Waals surface area contributed by atoms with Gasteiger partial charge >= 0.3 is 0 Å². The fraction of sp³-hybridized carbons (Fsp3) is 0.238. The molecule has 0 aliphatic heterocycles. The van der Waals surface area contributed by atoms with E-state index in [1.165, 1.54) is 16.7 Å². The molecule has 0 saturated carbocycles. The number of benzene rings is 2. The Labute approximate surface area is 146 Å². The molecule has 0 bridgehead atoms. The Morgan fingerprint density at radius 3 is 1.78 bits per heavy atom. The number of allylic oxidation sites excluding steroid dienone is 1. The van der Waals surface area contributed by atoms with Gasteiger partial charge in [0.15, 0.2) is 0 Å². The Morgan fingerprint density at radius 1 is 0.870 bits per heavy atom. The highest BCUT2D eigenvalue weighted by Gasteiger charge is 2.02. The summed E-state index contributed by atoms with van der Waals surface area (Å²) in [6.07, 6.45) is 2.04. The Bertz CT molecular complexity index is 605. The average Bonchev–Trinajstić information content (AvgIpc) is 2.60. The van der Waals surface area contributed by atoms with Crippen molar-refractivity contribution in [2.24, 2.45) is 0 Å². The molecule has 0 unspecified atom stereocenters. The van der Waals surface area contributed by atoms with Crippen molar-refractivity contribution in [2.45, 2.75) is 13.8 Å². The minimum Gasteiger partial charge on any atom is -0.293 e. The maximum Gasteiger partial charge on any atom is 0.0604 e. The van der Waals surface area contributed by atoms with Crippen LogP contribution in [0.1, 0.15) is 25.0 Å². The van der Waals surface area contributed by atoms with Gasteiger partial charge in [-0.25, -0.2) is 0 Å². The topological polar surface area (TPSA) is 3.24 Å². The molecular formula is C21H24ClN. The molecule has 0 aliphatic carbocycles. The average molecular weight is 326 g/mol. The van der Waals surface area contributed by atoms with Gasteiger partial charge in [0.25, 0.3) is 0 Å². The van der Waals surface area contributed by atoms with E-state index >= 15 is 0 Å². The molecule has 0 amide bonds. The molecule has 23 heavy (non-hydrogen) atoms. The Balaban J connectivity index is 0.00000264. The summed E-state index contributed by atoms with van der Waals surface area (Å²) in [6.45, 7) is 7.24. The molecular weight excluding hydrogens is 302 g/mol. The van der Waals surface area contributed by atoms with Gasteiger partial charge in [0.05, 0.1) is 6.54 Å². The van der Waals surface area contributed by atoms with E-state index in [1.807, 2.05) is 18.2 Å². The third-order valence-corrected chi connectivity index (χ3v) is 3.69. The Morgan fingerprint density at radius 2 is 1.35 bits per heavy atom. The second kappa shape index (κ2) is 10.7. The molecule has 0 N–H and O–H groups in total. The van der Waals surface area contributed by atoms with Crippen molar-refractivity contribution in [3.05, 3.63) is 77.9 Å². The van der Waals surface area contributed by atoms with E-state index in [0.717, 1.165) is 19.6 Å². The van der Waals surface area contributed by atoms with Crippen molar-refractivity contribution in [1.29, 1.82) is 0 Å². The largest absolute Gasteiger partial charge is 0.293 e. The van der Waals surface area contributed by atoms with Crippen LogP contribution in [0.2, 0.25) is 0 Å². The van der Waals surface area contributed by atoms with E-state index in [0.29, 0.717) is 0 Å². The first kappa shape index (κ1) is 19.0. The summed E-state index contributed by atoms with van der Waals surface area (Å²) in [4.78, 5) is 2.31. The first-order valence-electron chi connectivity index (χ1n) is 7.87. The highest BCUT2D eigenvalue weighted by atomic mass is 35.5. The summed E-state index contributed by atoms with van der Waals surface area (Å²) in [7, 11) is 0. The molecule has 0 fully saturated rings. The van der Waals surface area contributed by atoms with Crippen LogP contribution in [0.25, 0.3) is 5.57 Å². The number of nitrogens with zero attached hydrogens (tertiary/aromatic N) is 1. The van der Waals surface area contributed by atoms with Crippen LogP contribution >= 0.6 is 12.4 Å². The Kier molecular flexibility index (Phi) is 8.83. The van der Waals surface area contributed by atoms with Crippen molar-refractivity contribution in [2.75, 3.05) is 19.6 Å². The van der Waals surface area contributed by atoms with Crippen LogP contribution in [0.4, 0.5) is 0 Å². The van der Waals surface area contributed by atoms with Gasteiger partial charge < -0.3 is 0 Å². The summed E-state index contributed by atoms with van der Waals surface area (Å²) in [5.41, 5.74) is 3.57. The second-order valence-corrected chi connectivity index (χ2v) is 5.07. The summed E-state index contributed by atoms with van der Waals surface area (Å²) in [5, 5.41) is 0. The molecule has 2 heteroatoms. The zero-order chi connectivity index (χ0) is 15.6. The highest BCUT2D eigenvalue weighted by molar-refractivity contribution is 5.85. The summed E-state index contributed by atoms with van der Waals surface area (Å²) in [6, 6.07) is 20.9. The number of hydrogen-bond donors (Lipinski definition) is 0. The van der Waals surface area contributed by atoms with Gasteiger partial charge in [0.1, 0.15) is 0 Å². The zero-order valence-corrected chi connectivity index (χ0v) is 14.6. The van der Waals surface area contributed by atoms with E-state index in [2.05, 4.69) is 79.1 Å².